The molecule has 0 aromatic heterocycles. The largest absolute Gasteiger partial charge is 0.337 e. The van der Waals surface area contributed by atoms with Crippen molar-refractivity contribution in [3.63, 3.8) is 0 Å². The zero-order valence-corrected chi connectivity index (χ0v) is 10.6. The highest BCUT2D eigenvalue weighted by Crippen LogP contribution is 2.06. The Morgan fingerprint density at radius 2 is 2.16 bits per heavy atom. The van der Waals surface area contributed by atoms with E-state index in [-0.39, 0.29) is 18.9 Å². The van der Waals surface area contributed by atoms with Gasteiger partial charge in [0.05, 0.1) is 0 Å². The summed E-state index contributed by atoms with van der Waals surface area (Å²) in [5.74, 6) is -0.299. The van der Waals surface area contributed by atoms with E-state index in [1.54, 1.807) is 18.2 Å². The molecule has 0 saturated heterocycles. The Bertz CT molecular complexity index is 426. The summed E-state index contributed by atoms with van der Waals surface area (Å²) in [7, 11) is 0. The molecule has 0 bridgehead atoms. The first-order valence-corrected chi connectivity index (χ1v) is 6.12. The lowest BCUT2D eigenvalue weighted by molar-refractivity contribution is -0.115. The Hall–Kier alpha value is -1.95. The molecule has 19 heavy (non-hydrogen) atoms. The summed E-state index contributed by atoms with van der Waals surface area (Å²) in [6.07, 6.45) is 1.40. The van der Waals surface area contributed by atoms with Crippen molar-refractivity contribution in [1.29, 1.82) is 0 Å². The second kappa shape index (κ2) is 8.20. The van der Waals surface area contributed by atoms with Crippen LogP contribution in [0.3, 0.4) is 0 Å². The first-order valence-electron chi connectivity index (χ1n) is 6.12. The van der Waals surface area contributed by atoms with Gasteiger partial charge in [-0.15, -0.1) is 0 Å². The minimum Gasteiger partial charge on any atom is -0.337 e. The molecule has 0 heterocycles. The fraction of sp³-hybridized carbons (Fsp3) is 0.385. The second-order valence-electron chi connectivity index (χ2n) is 4.01. The maximum atomic E-state index is 13.3. The van der Waals surface area contributed by atoms with E-state index in [1.807, 2.05) is 0 Å². The zero-order chi connectivity index (χ0) is 14.1. The van der Waals surface area contributed by atoms with Gasteiger partial charge >= 0.3 is 6.03 Å². The van der Waals surface area contributed by atoms with Gasteiger partial charge in [0.1, 0.15) is 5.82 Å². The molecule has 6 heteroatoms. The van der Waals surface area contributed by atoms with E-state index in [1.165, 1.54) is 6.07 Å². The molecule has 0 saturated carbocycles. The van der Waals surface area contributed by atoms with Gasteiger partial charge in [0.15, 0.2) is 0 Å². The van der Waals surface area contributed by atoms with E-state index in [2.05, 4.69) is 5.32 Å². The highest BCUT2D eigenvalue weighted by atomic mass is 19.1. The van der Waals surface area contributed by atoms with Crippen LogP contribution in [-0.2, 0) is 11.2 Å². The van der Waals surface area contributed by atoms with E-state index >= 15 is 0 Å². The van der Waals surface area contributed by atoms with Gasteiger partial charge in [0, 0.05) is 13.1 Å². The Labute approximate surface area is 111 Å². The summed E-state index contributed by atoms with van der Waals surface area (Å²) in [6, 6.07) is 5.89. The molecule has 0 atom stereocenters. The number of imide groups is 1. The Morgan fingerprint density at radius 3 is 2.79 bits per heavy atom. The van der Waals surface area contributed by atoms with Crippen LogP contribution in [0.4, 0.5) is 9.18 Å². The van der Waals surface area contributed by atoms with Gasteiger partial charge < -0.3 is 11.1 Å². The summed E-state index contributed by atoms with van der Waals surface area (Å²) >= 11 is 0. The number of nitrogens with zero attached hydrogens (tertiary/aromatic N) is 1. The smallest absolute Gasteiger partial charge is 0.323 e. The second-order valence-corrected chi connectivity index (χ2v) is 4.01. The maximum absolute atomic E-state index is 13.3. The average molecular weight is 267 g/mol. The molecular formula is C13H18FN3O2. The van der Waals surface area contributed by atoms with Crippen molar-refractivity contribution >= 4 is 12.4 Å². The van der Waals surface area contributed by atoms with Gasteiger partial charge in [-0.25, -0.2) is 9.18 Å². The van der Waals surface area contributed by atoms with Crippen molar-refractivity contribution in [2.75, 3.05) is 19.6 Å². The predicted octanol–water partition coefficient (Wildman–Crippen LogP) is 0.885. The Kier molecular flexibility index (Phi) is 6.52. The van der Waals surface area contributed by atoms with Crippen molar-refractivity contribution < 1.29 is 14.0 Å². The van der Waals surface area contributed by atoms with E-state index in [0.717, 1.165) is 4.90 Å². The summed E-state index contributed by atoms with van der Waals surface area (Å²) in [5, 5.41) is 2.57. The SMILES string of the molecule is NCCCN(C=O)C(=O)NCCc1ccccc1F. The molecular weight excluding hydrogens is 249 g/mol. The van der Waals surface area contributed by atoms with Crippen molar-refractivity contribution in [2.24, 2.45) is 5.73 Å². The molecule has 0 aliphatic rings. The van der Waals surface area contributed by atoms with Gasteiger partial charge in [-0.05, 0) is 31.0 Å². The topological polar surface area (TPSA) is 75.4 Å². The zero-order valence-electron chi connectivity index (χ0n) is 10.6. The van der Waals surface area contributed by atoms with E-state index < -0.39 is 6.03 Å². The normalized spacial score (nSPS) is 10.0. The molecule has 0 fully saturated rings. The van der Waals surface area contributed by atoms with E-state index in [9.17, 15) is 14.0 Å². The molecule has 1 rings (SSSR count). The number of nitrogens with one attached hydrogen (secondary N) is 1. The van der Waals surface area contributed by atoms with Crippen LogP contribution in [0.5, 0.6) is 0 Å². The molecule has 3 amide bonds. The highest BCUT2D eigenvalue weighted by Gasteiger charge is 2.11. The van der Waals surface area contributed by atoms with Crippen LogP contribution >= 0.6 is 0 Å². The Balaban J connectivity index is 2.37. The summed E-state index contributed by atoms with van der Waals surface area (Å²) in [5.41, 5.74) is 5.84. The molecule has 0 aliphatic heterocycles. The molecule has 5 nitrogen and oxygen atoms in total. The maximum Gasteiger partial charge on any atom is 0.323 e. The summed E-state index contributed by atoms with van der Waals surface area (Å²) in [4.78, 5) is 23.3. The van der Waals surface area contributed by atoms with Gasteiger partial charge in [0.25, 0.3) is 0 Å². The van der Waals surface area contributed by atoms with E-state index in [4.69, 9.17) is 5.73 Å². The molecule has 1 aromatic carbocycles. The fourth-order valence-corrected chi connectivity index (χ4v) is 1.57. The number of nitrogens with two attached hydrogens (primary N) is 1. The molecule has 0 unspecified atom stereocenters. The Morgan fingerprint density at radius 1 is 1.42 bits per heavy atom. The number of hydrogen-bond donors (Lipinski definition) is 2. The van der Waals surface area contributed by atoms with Crippen LogP contribution in [0.15, 0.2) is 24.3 Å². The summed E-state index contributed by atoms with van der Waals surface area (Å²) < 4.78 is 13.3. The van der Waals surface area contributed by atoms with Crippen molar-refractivity contribution in [1.82, 2.24) is 10.2 Å². The van der Waals surface area contributed by atoms with Crippen LogP contribution in [0.1, 0.15) is 12.0 Å². The molecule has 0 spiro atoms. The van der Waals surface area contributed by atoms with Crippen molar-refractivity contribution in [3.05, 3.63) is 35.6 Å². The molecule has 104 valence electrons. The number of urea groups is 1. The van der Waals surface area contributed by atoms with Gasteiger partial charge in [0.2, 0.25) is 6.41 Å². The third kappa shape index (κ3) is 5.05. The van der Waals surface area contributed by atoms with Crippen molar-refractivity contribution in [2.45, 2.75) is 12.8 Å². The van der Waals surface area contributed by atoms with Crippen molar-refractivity contribution in [3.8, 4) is 0 Å². The number of hydrogen-bond acceptors (Lipinski definition) is 3. The first kappa shape index (κ1) is 15.1. The average Bonchev–Trinajstić information content (AvgIpc) is 2.42. The first-order chi connectivity index (χ1) is 9.19. The minimum absolute atomic E-state index is 0.271. The van der Waals surface area contributed by atoms with E-state index in [0.29, 0.717) is 31.4 Å². The number of rotatable bonds is 7. The fourth-order valence-electron chi connectivity index (χ4n) is 1.57. The highest BCUT2D eigenvalue weighted by molar-refractivity contribution is 5.84. The molecule has 3 N–H and O–H groups in total. The summed E-state index contributed by atoms with van der Waals surface area (Å²) in [6.45, 7) is 0.963. The minimum atomic E-state index is -0.486. The standard InChI is InChI=1S/C13H18FN3O2/c14-12-5-2-1-4-11(12)6-8-16-13(19)17(10-18)9-3-7-15/h1-2,4-5,10H,3,6-9,15H2,(H,16,19). The lowest BCUT2D eigenvalue weighted by Gasteiger charge is -2.15. The predicted molar refractivity (Wildman–Crippen MR) is 69.9 cm³/mol. The van der Waals surface area contributed by atoms with Gasteiger partial charge in [-0.2, -0.15) is 0 Å². The number of carbonyl (C=O) groups excluding carboxylic acids is 2. The van der Waals surface area contributed by atoms with Gasteiger partial charge in [-0.3, -0.25) is 9.69 Å². The lowest BCUT2D eigenvalue weighted by Crippen LogP contribution is -2.40. The number of carbonyl (C=O) groups is 2. The molecule has 0 aliphatic carbocycles. The van der Waals surface area contributed by atoms with Crippen LogP contribution < -0.4 is 11.1 Å². The molecule has 0 radical (unpaired) electrons. The quantitative estimate of drug-likeness (QED) is 0.720. The van der Waals surface area contributed by atoms with Crippen LogP contribution in [0.25, 0.3) is 0 Å². The van der Waals surface area contributed by atoms with Crippen LogP contribution in [0.2, 0.25) is 0 Å². The monoisotopic (exact) mass is 267 g/mol. The third-order valence-electron chi connectivity index (χ3n) is 2.62. The number of amides is 3. The van der Waals surface area contributed by atoms with Crippen LogP contribution in [-0.4, -0.2) is 37.0 Å². The third-order valence-corrected chi connectivity index (χ3v) is 2.62. The number of benzene rings is 1. The van der Waals surface area contributed by atoms with Gasteiger partial charge in [-0.1, -0.05) is 18.2 Å². The lowest BCUT2D eigenvalue weighted by atomic mass is 10.1. The van der Waals surface area contributed by atoms with Crippen LogP contribution in [0, 0.1) is 5.82 Å². The number of halogens is 1. The molecule has 1 aromatic rings.